The van der Waals surface area contributed by atoms with Crippen molar-refractivity contribution in [2.24, 2.45) is 0 Å². The molecule has 0 radical (unpaired) electrons. The summed E-state index contributed by atoms with van der Waals surface area (Å²) in [4.78, 5) is 0. The first-order chi connectivity index (χ1) is 7.76. The van der Waals surface area contributed by atoms with E-state index in [2.05, 4.69) is 24.9 Å². The van der Waals surface area contributed by atoms with E-state index in [1.165, 1.54) is 19.3 Å². The molecule has 0 aromatic rings. The fourth-order valence-corrected chi connectivity index (χ4v) is 2.06. The number of hydrogen-bond acceptors (Lipinski definition) is 2. The number of rotatable bonds is 4. The Morgan fingerprint density at radius 3 is 3.12 bits per heavy atom. The van der Waals surface area contributed by atoms with E-state index in [0.29, 0.717) is 6.04 Å². The second-order valence-corrected chi connectivity index (χ2v) is 4.54. The molecule has 1 N–H and O–H groups in total. The smallest absolute Gasteiger partial charge is 0.0947 e. The van der Waals surface area contributed by atoms with Gasteiger partial charge in [0.2, 0.25) is 0 Å². The molecule has 0 spiro atoms. The van der Waals surface area contributed by atoms with Crippen LogP contribution in [0, 0.1) is 11.3 Å². The Morgan fingerprint density at radius 1 is 1.62 bits per heavy atom. The van der Waals surface area contributed by atoms with Crippen molar-refractivity contribution in [2.75, 3.05) is 6.54 Å². The number of nitriles is 1. The van der Waals surface area contributed by atoms with Gasteiger partial charge in [0.15, 0.2) is 0 Å². The average Bonchev–Trinajstić information content (AvgIpc) is 2.25. The normalized spacial score (nSPS) is 25.1. The van der Waals surface area contributed by atoms with Crippen LogP contribution < -0.4 is 5.32 Å². The molecular formula is C14H22N2. The molecule has 2 nitrogen and oxygen atoms in total. The molecule has 0 aromatic heterocycles. The van der Waals surface area contributed by atoms with Gasteiger partial charge in [-0.2, -0.15) is 5.26 Å². The SMILES string of the molecule is C=C1/C=C(/C#N)CC(NCCCC)CCC1. The zero-order valence-electron chi connectivity index (χ0n) is 10.3. The Kier molecular flexibility index (Phi) is 5.88. The van der Waals surface area contributed by atoms with Gasteiger partial charge in [0.05, 0.1) is 6.07 Å². The number of allylic oxidation sites excluding steroid dienone is 2. The minimum Gasteiger partial charge on any atom is -0.314 e. The van der Waals surface area contributed by atoms with Gasteiger partial charge in [0, 0.05) is 11.6 Å². The lowest BCUT2D eigenvalue weighted by atomic mass is 9.94. The molecule has 88 valence electrons. The summed E-state index contributed by atoms with van der Waals surface area (Å²) in [6.45, 7) is 7.24. The summed E-state index contributed by atoms with van der Waals surface area (Å²) in [6, 6.07) is 2.76. The predicted molar refractivity (Wildman–Crippen MR) is 68.0 cm³/mol. The molecule has 0 bridgehead atoms. The van der Waals surface area contributed by atoms with Crippen LogP contribution in [0.2, 0.25) is 0 Å². The largest absolute Gasteiger partial charge is 0.314 e. The zero-order valence-corrected chi connectivity index (χ0v) is 10.3. The van der Waals surface area contributed by atoms with E-state index in [4.69, 9.17) is 5.26 Å². The van der Waals surface area contributed by atoms with Gasteiger partial charge in [-0.3, -0.25) is 0 Å². The van der Waals surface area contributed by atoms with E-state index in [0.717, 1.165) is 37.0 Å². The van der Waals surface area contributed by atoms with Crippen LogP contribution in [0.4, 0.5) is 0 Å². The fraction of sp³-hybridized carbons (Fsp3) is 0.643. The third kappa shape index (κ3) is 4.63. The van der Waals surface area contributed by atoms with Gasteiger partial charge in [0.1, 0.15) is 0 Å². The topological polar surface area (TPSA) is 35.8 Å². The van der Waals surface area contributed by atoms with Crippen molar-refractivity contribution in [3.63, 3.8) is 0 Å². The second-order valence-electron chi connectivity index (χ2n) is 4.54. The van der Waals surface area contributed by atoms with E-state index in [1.807, 2.05) is 6.08 Å². The van der Waals surface area contributed by atoms with Crippen LogP contribution in [0.5, 0.6) is 0 Å². The van der Waals surface area contributed by atoms with Crippen LogP contribution in [-0.4, -0.2) is 12.6 Å². The fourth-order valence-electron chi connectivity index (χ4n) is 2.06. The van der Waals surface area contributed by atoms with Gasteiger partial charge in [-0.1, -0.05) is 25.5 Å². The quantitative estimate of drug-likeness (QED) is 0.735. The standard InChI is InChI=1S/C14H22N2/c1-3-4-8-16-14-7-5-6-12(2)9-13(10-14)11-15/h9,14,16H,2-8,10H2,1H3/b13-9+. The second kappa shape index (κ2) is 7.24. The molecule has 0 amide bonds. The van der Waals surface area contributed by atoms with E-state index in [9.17, 15) is 0 Å². The summed E-state index contributed by atoms with van der Waals surface area (Å²) in [5.74, 6) is 0. The first-order valence-corrected chi connectivity index (χ1v) is 6.28. The van der Waals surface area contributed by atoms with Crippen molar-refractivity contribution in [1.82, 2.24) is 5.32 Å². The summed E-state index contributed by atoms with van der Waals surface area (Å²) in [5, 5.41) is 12.6. The number of nitrogens with one attached hydrogen (secondary N) is 1. The Hall–Kier alpha value is -1.07. The zero-order chi connectivity index (χ0) is 11.8. The highest BCUT2D eigenvalue weighted by Crippen LogP contribution is 2.19. The van der Waals surface area contributed by atoms with Gasteiger partial charge >= 0.3 is 0 Å². The number of unbranched alkanes of at least 4 members (excludes halogenated alkanes) is 1. The van der Waals surface area contributed by atoms with Crippen LogP contribution in [-0.2, 0) is 0 Å². The molecular weight excluding hydrogens is 196 g/mol. The molecule has 0 saturated carbocycles. The maximum absolute atomic E-state index is 9.03. The van der Waals surface area contributed by atoms with Gasteiger partial charge in [-0.15, -0.1) is 0 Å². The Bertz CT molecular complexity index is 296. The highest BCUT2D eigenvalue weighted by atomic mass is 14.9. The summed E-state index contributed by atoms with van der Waals surface area (Å²) in [7, 11) is 0. The lowest BCUT2D eigenvalue weighted by Crippen LogP contribution is -2.30. The molecule has 2 heteroatoms. The maximum Gasteiger partial charge on any atom is 0.0947 e. The van der Waals surface area contributed by atoms with E-state index in [1.54, 1.807) is 0 Å². The van der Waals surface area contributed by atoms with E-state index >= 15 is 0 Å². The molecule has 0 aromatic carbocycles. The molecule has 1 rings (SSSR count). The van der Waals surface area contributed by atoms with Gasteiger partial charge in [-0.25, -0.2) is 0 Å². The summed E-state index contributed by atoms with van der Waals surface area (Å²) < 4.78 is 0. The molecule has 1 aliphatic carbocycles. The van der Waals surface area contributed by atoms with E-state index < -0.39 is 0 Å². The Morgan fingerprint density at radius 2 is 2.44 bits per heavy atom. The summed E-state index contributed by atoms with van der Waals surface area (Å²) >= 11 is 0. The highest BCUT2D eigenvalue weighted by molar-refractivity contribution is 5.31. The molecule has 1 aliphatic rings. The van der Waals surface area contributed by atoms with Crippen LogP contribution in [0.1, 0.15) is 45.4 Å². The lowest BCUT2D eigenvalue weighted by Gasteiger charge is -2.20. The van der Waals surface area contributed by atoms with Crippen molar-refractivity contribution in [3.8, 4) is 6.07 Å². The minimum absolute atomic E-state index is 0.477. The van der Waals surface area contributed by atoms with Gasteiger partial charge in [0.25, 0.3) is 0 Å². The third-order valence-corrected chi connectivity index (χ3v) is 3.00. The van der Waals surface area contributed by atoms with Crippen LogP contribution in [0.25, 0.3) is 0 Å². The Labute approximate surface area is 99.0 Å². The third-order valence-electron chi connectivity index (χ3n) is 3.00. The Balaban J connectivity index is 2.50. The number of nitrogens with zero attached hydrogens (tertiary/aromatic N) is 1. The van der Waals surface area contributed by atoms with Crippen molar-refractivity contribution in [1.29, 1.82) is 5.26 Å². The summed E-state index contributed by atoms with van der Waals surface area (Å²) in [5.41, 5.74) is 1.97. The van der Waals surface area contributed by atoms with Crippen LogP contribution in [0.3, 0.4) is 0 Å². The van der Waals surface area contributed by atoms with Crippen molar-refractivity contribution in [2.45, 2.75) is 51.5 Å². The first kappa shape index (κ1) is 13.0. The molecule has 0 aliphatic heterocycles. The predicted octanol–water partition coefficient (Wildman–Crippen LogP) is 3.32. The average molecular weight is 218 g/mol. The molecule has 0 heterocycles. The maximum atomic E-state index is 9.03. The van der Waals surface area contributed by atoms with Crippen LogP contribution >= 0.6 is 0 Å². The van der Waals surface area contributed by atoms with Crippen molar-refractivity contribution in [3.05, 3.63) is 23.8 Å². The molecule has 1 unspecified atom stereocenters. The van der Waals surface area contributed by atoms with Gasteiger partial charge in [-0.05, 0) is 44.7 Å². The summed E-state index contributed by atoms with van der Waals surface area (Å²) in [6.07, 6.45) is 8.62. The highest BCUT2D eigenvalue weighted by Gasteiger charge is 2.13. The van der Waals surface area contributed by atoms with Crippen LogP contribution in [0.15, 0.2) is 23.8 Å². The molecule has 1 atom stereocenters. The first-order valence-electron chi connectivity index (χ1n) is 6.28. The van der Waals surface area contributed by atoms with E-state index in [-0.39, 0.29) is 0 Å². The monoisotopic (exact) mass is 218 g/mol. The minimum atomic E-state index is 0.477. The lowest BCUT2D eigenvalue weighted by molar-refractivity contribution is 0.457. The van der Waals surface area contributed by atoms with Gasteiger partial charge < -0.3 is 5.32 Å². The molecule has 0 saturated heterocycles. The molecule has 16 heavy (non-hydrogen) atoms. The molecule has 0 fully saturated rings. The number of hydrogen-bond donors (Lipinski definition) is 1. The van der Waals surface area contributed by atoms with Crippen molar-refractivity contribution >= 4 is 0 Å². The van der Waals surface area contributed by atoms with Crippen molar-refractivity contribution < 1.29 is 0 Å².